The fourth-order valence-electron chi connectivity index (χ4n) is 3.07. The molecule has 4 unspecified atom stereocenters. The van der Waals surface area contributed by atoms with Gasteiger partial charge < -0.3 is 15.2 Å². The number of rotatable bonds is 8. The first kappa shape index (κ1) is 16.9. The summed E-state index contributed by atoms with van der Waals surface area (Å²) >= 11 is 0. The van der Waals surface area contributed by atoms with E-state index >= 15 is 0 Å². The van der Waals surface area contributed by atoms with Crippen LogP contribution >= 0.6 is 0 Å². The van der Waals surface area contributed by atoms with Crippen LogP contribution < -0.4 is 5.32 Å². The zero-order valence-corrected chi connectivity index (χ0v) is 13.2. The quantitative estimate of drug-likeness (QED) is 0.713. The van der Waals surface area contributed by atoms with Gasteiger partial charge in [0.15, 0.2) is 0 Å². The molecule has 0 amide bonds. The second-order valence-electron chi connectivity index (χ2n) is 6.53. The predicted molar refractivity (Wildman–Crippen MR) is 80.3 cm³/mol. The van der Waals surface area contributed by atoms with E-state index in [4.69, 9.17) is 4.74 Å². The highest BCUT2D eigenvalue weighted by atomic mass is 16.5. The molecular weight excluding hydrogens is 238 g/mol. The Morgan fingerprint density at radius 2 is 2.05 bits per heavy atom. The average Bonchev–Trinajstić information content (AvgIpc) is 2.38. The van der Waals surface area contributed by atoms with Crippen molar-refractivity contribution in [1.82, 2.24) is 5.32 Å². The van der Waals surface area contributed by atoms with E-state index < -0.39 is 0 Å². The van der Waals surface area contributed by atoms with Crippen LogP contribution in [0.1, 0.15) is 53.4 Å². The Bertz CT molecular complexity index is 233. The molecule has 4 atom stereocenters. The number of ether oxygens (including phenoxy) is 1. The molecule has 0 aromatic rings. The topological polar surface area (TPSA) is 41.5 Å². The third-order valence-corrected chi connectivity index (χ3v) is 4.38. The molecule has 1 fully saturated rings. The van der Waals surface area contributed by atoms with Crippen molar-refractivity contribution in [1.29, 1.82) is 0 Å². The lowest BCUT2D eigenvalue weighted by molar-refractivity contribution is -0.0499. The molecule has 0 spiro atoms. The fourth-order valence-corrected chi connectivity index (χ4v) is 3.07. The molecule has 0 heterocycles. The highest BCUT2D eigenvalue weighted by molar-refractivity contribution is 4.82. The number of nitrogens with one attached hydrogen (secondary N) is 1. The first-order valence-electron chi connectivity index (χ1n) is 8.04. The van der Waals surface area contributed by atoms with Crippen LogP contribution in [0.3, 0.4) is 0 Å². The summed E-state index contributed by atoms with van der Waals surface area (Å²) in [5.74, 6) is 2.14. The van der Waals surface area contributed by atoms with Crippen molar-refractivity contribution < 1.29 is 9.84 Å². The van der Waals surface area contributed by atoms with E-state index in [9.17, 15) is 5.11 Å². The molecule has 1 aliphatic rings. The third kappa shape index (κ3) is 5.80. The monoisotopic (exact) mass is 271 g/mol. The minimum Gasteiger partial charge on any atom is -0.395 e. The summed E-state index contributed by atoms with van der Waals surface area (Å²) < 4.78 is 6.15. The molecule has 0 aromatic heterocycles. The lowest BCUT2D eigenvalue weighted by Gasteiger charge is -2.37. The Hall–Kier alpha value is -0.120. The molecule has 0 saturated heterocycles. The number of hydrogen-bond acceptors (Lipinski definition) is 3. The van der Waals surface area contributed by atoms with Gasteiger partial charge in [0.1, 0.15) is 0 Å². The second kappa shape index (κ2) is 8.93. The first-order valence-corrected chi connectivity index (χ1v) is 8.04. The van der Waals surface area contributed by atoms with E-state index in [0.29, 0.717) is 24.5 Å². The predicted octanol–water partition coefficient (Wildman–Crippen LogP) is 2.82. The smallest absolute Gasteiger partial charge is 0.0646 e. The Kier molecular flexibility index (Phi) is 7.96. The third-order valence-electron chi connectivity index (χ3n) is 4.38. The van der Waals surface area contributed by atoms with Crippen LogP contribution in [0, 0.1) is 17.8 Å². The Morgan fingerprint density at radius 1 is 1.32 bits per heavy atom. The molecule has 2 N–H and O–H groups in total. The zero-order chi connectivity index (χ0) is 14.3. The molecule has 1 rings (SSSR count). The maximum atomic E-state index is 9.37. The zero-order valence-electron chi connectivity index (χ0n) is 13.2. The summed E-state index contributed by atoms with van der Waals surface area (Å²) in [6, 6.07) is 0.0880. The van der Waals surface area contributed by atoms with Gasteiger partial charge in [-0.15, -0.1) is 0 Å². The van der Waals surface area contributed by atoms with Crippen molar-refractivity contribution in [3.8, 4) is 0 Å². The SMILES string of the molecule is CCCNC(CO)COC1CC(C)CCC1C(C)C. The largest absolute Gasteiger partial charge is 0.395 e. The van der Waals surface area contributed by atoms with Gasteiger partial charge in [-0.1, -0.05) is 34.1 Å². The Balaban J connectivity index is 2.42. The maximum Gasteiger partial charge on any atom is 0.0646 e. The van der Waals surface area contributed by atoms with Crippen molar-refractivity contribution in [2.24, 2.45) is 17.8 Å². The summed E-state index contributed by atoms with van der Waals surface area (Å²) in [6.07, 6.45) is 5.26. The molecule has 114 valence electrons. The van der Waals surface area contributed by atoms with Gasteiger partial charge in [-0.3, -0.25) is 0 Å². The standard InChI is InChI=1S/C16H33NO2/c1-5-8-17-14(10-18)11-19-16-9-13(4)6-7-15(16)12(2)3/h12-18H,5-11H2,1-4H3. The molecule has 1 aliphatic carbocycles. The van der Waals surface area contributed by atoms with Crippen LogP contribution in [0.25, 0.3) is 0 Å². The van der Waals surface area contributed by atoms with Gasteiger partial charge in [0.2, 0.25) is 0 Å². The minimum atomic E-state index is 0.0880. The first-order chi connectivity index (χ1) is 9.08. The van der Waals surface area contributed by atoms with Crippen molar-refractivity contribution in [3.63, 3.8) is 0 Å². The summed E-state index contributed by atoms with van der Waals surface area (Å²) in [5.41, 5.74) is 0. The van der Waals surface area contributed by atoms with Crippen LogP contribution in [-0.4, -0.2) is 37.0 Å². The summed E-state index contributed by atoms with van der Waals surface area (Å²) in [4.78, 5) is 0. The highest BCUT2D eigenvalue weighted by Crippen LogP contribution is 2.35. The van der Waals surface area contributed by atoms with Gasteiger partial charge in [0, 0.05) is 0 Å². The van der Waals surface area contributed by atoms with E-state index in [0.717, 1.165) is 18.9 Å². The summed E-state index contributed by atoms with van der Waals surface area (Å²) in [5, 5.41) is 12.7. The van der Waals surface area contributed by atoms with Crippen LogP contribution in [0.4, 0.5) is 0 Å². The van der Waals surface area contributed by atoms with Crippen LogP contribution in [0.5, 0.6) is 0 Å². The van der Waals surface area contributed by atoms with E-state index in [1.807, 2.05) is 0 Å². The van der Waals surface area contributed by atoms with Crippen molar-refractivity contribution in [3.05, 3.63) is 0 Å². The fraction of sp³-hybridized carbons (Fsp3) is 1.00. The second-order valence-corrected chi connectivity index (χ2v) is 6.53. The maximum absolute atomic E-state index is 9.37. The van der Waals surface area contributed by atoms with Crippen molar-refractivity contribution >= 4 is 0 Å². The van der Waals surface area contributed by atoms with E-state index in [1.54, 1.807) is 0 Å². The van der Waals surface area contributed by atoms with Gasteiger partial charge >= 0.3 is 0 Å². The molecule has 3 nitrogen and oxygen atoms in total. The van der Waals surface area contributed by atoms with Gasteiger partial charge in [0.05, 0.1) is 25.4 Å². The van der Waals surface area contributed by atoms with Crippen LogP contribution in [0.2, 0.25) is 0 Å². The van der Waals surface area contributed by atoms with E-state index in [-0.39, 0.29) is 12.6 Å². The van der Waals surface area contributed by atoms with Crippen LogP contribution in [0.15, 0.2) is 0 Å². The number of aliphatic hydroxyl groups is 1. The Labute approximate surface area is 119 Å². The molecule has 0 aromatic carbocycles. The van der Waals surface area contributed by atoms with Gasteiger partial charge in [-0.05, 0) is 43.6 Å². The lowest BCUT2D eigenvalue weighted by Crippen LogP contribution is -2.41. The normalized spacial score (nSPS) is 29.7. The summed E-state index contributed by atoms with van der Waals surface area (Å²) in [6.45, 7) is 10.8. The van der Waals surface area contributed by atoms with Gasteiger partial charge in [0.25, 0.3) is 0 Å². The molecule has 0 radical (unpaired) electrons. The van der Waals surface area contributed by atoms with Crippen molar-refractivity contribution in [2.75, 3.05) is 19.8 Å². The lowest BCUT2D eigenvalue weighted by atomic mass is 9.75. The van der Waals surface area contributed by atoms with E-state index in [2.05, 4.69) is 33.0 Å². The van der Waals surface area contributed by atoms with Crippen molar-refractivity contribution in [2.45, 2.75) is 65.5 Å². The molecule has 0 aliphatic heterocycles. The van der Waals surface area contributed by atoms with Gasteiger partial charge in [-0.2, -0.15) is 0 Å². The molecular formula is C16H33NO2. The number of aliphatic hydroxyl groups excluding tert-OH is 1. The molecule has 0 bridgehead atoms. The summed E-state index contributed by atoms with van der Waals surface area (Å²) in [7, 11) is 0. The molecule has 19 heavy (non-hydrogen) atoms. The van der Waals surface area contributed by atoms with E-state index in [1.165, 1.54) is 19.3 Å². The van der Waals surface area contributed by atoms with Crippen LogP contribution in [-0.2, 0) is 4.74 Å². The minimum absolute atomic E-state index is 0.0880. The Morgan fingerprint density at radius 3 is 2.63 bits per heavy atom. The molecule has 1 saturated carbocycles. The highest BCUT2D eigenvalue weighted by Gasteiger charge is 2.31. The molecule has 3 heteroatoms. The number of hydrogen-bond donors (Lipinski definition) is 2. The average molecular weight is 271 g/mol. The van der Waals surface area contributed by atoms with Gasteiger partial charge in [-0.25, -0.2) is 0 Å².